The van der Waals surface area contributed by atoms with E-state index < -0.39 is 11.5 Å². The first-order valence-corrected chi connectivity index (χ1v) is 10.2. The van der Waals surface area contributed by atoms with Gasteiger partial charge in [-0.1, -0.05) is 26.0 Å². The van der Waals surface area contributed by atoms with Crippen molar-refractivity contribution < 1.29 is 24.9 Å². The lowest BCUT2D eigenvalue weighted by atomic mass is 9.86. The predicted molar refractivity (Wildman–Crippen MR) is 117 cm³/mol. The minimum Gasteiger partial charge on any atom is -0.508 e. The Morgan fingerprint density at radius 2 is 1.83 bits per heavy atom. The predicted octanol–water partition coefficient (Wildman–Crippen LogP) is 4.06. The lowest BCUT2D eigenvalue weighted by Crippen LogP contribution is -2.39. The Labute approximate surface area is 178 Å². The zero-order chi connectivity index (χ0) is 22.5. The smallest absolute Gasteiger partial charge is 0.225 e. The number of rotatable bonds is 9. The van der Waals surface area contributed by atoms with Crippen molar-refractivity contribution in [3.8, 4) is 17.2 Å². The average Bonchev–Trinajstić information content (AvgIpc) is 2.68. The lowest BCUT2D eigenvalue weighted by Gasteiger charge is -2.25. The van der Waals surface area contributed by atoms with Crippen LogP contribution in [0.25, 0.3) is 0 Å². The first-order valence-electron chi connectivity index (χ1n) is 10.2. The summed E-state index contributed by atoms with van der Waals surface area (Å²) in [7, 11) is 0. The molecule has 2 aromatic rings. The van der Waals surface area contributed by atoms with Gasteiger partial charge >= 0.3 is 0 Å². The zero-order valence-electron chi connectivity index (χ0n) is 18.5. The fourth-order valence-corrected chi connectivity index (χ4v) is 3.26. The van der Waals surface area contributed by atoms with Crippen LogP contribution in [0.2, 0.25) is 0 Å². The number of carbonyl (C=O) groups is 1. The van der Waals surface area contributed by atoms with Crippen molar-refractivity contribution in [3.63, 3.8) is 0 Å². The number of aliphatic hydroxyl groups excluding tert-OH is 1. The second kappa shape index (κ2) is 9.85. The number of aryl methyl sites for hydroxylation is 2. The number of ether oxygens (including phenoxy) is 1. The molecule has 30 heavy (non-hydrogen) atoms. The van der Waals surface area contributed by atoms with Gasteiger partial charge in [0.15, 0.2) is 0 Å². The summed E-state index contributed by atoms with van der Waals surface area (Å²) in [4.78, 5) is 12.6. The van der Waals surface area contributed by atoms with Crippen LogP contribution < -0.4 is 10.1 Å². The molecule has 0 aliphatic heterocycles. The maximum absolute atomic E-state index is 12.6. The zero-order valence-corrected chi connectivity index (χ0v) is 18.5. The summed E-state index contributed by atoms with van der Waals surface area (Å²) in [5, 5.41) is 32.6. The minimum absolute atomic E-state index is 0.00894. The van der Waals surface area contributed by atoms with E-state index in [1.165, 1.54) is 12.1 Å². The molecule has 0 saturated carbocycles. The molecule has 0 aromatic heterocycles. The molecule has 0 aliphatic carbocycles. The van der Waals surface area contributed by atoms with Crippen molar-refractivity contribution in [3.05, 3.63) is 52.6 Å². The molecule has 6 heteroatoms. The van der Waals surface area contributed by atoms with E-state index in [1.807, 2.05) is 45.9 Å². The molecular weight excluding hydrogens is 382 g/mol. The molecular formula is C24H33NO5. The third-order valence-corrected chi connectivity index (χ3v) is 5.38. The number of aliphatic hydroxyl groups is 1. The van der Waals surface area contributed by atoms with E-state index >= 15 is 0 Å². The molecule has 164 valence electrons. The molecule has 2 aromatic carbocycles. The first-order chi connectivity index (χ1) is 14.0. The van der Waals surface area contributed by atoms with Crippen molar-refractivity contribution in [2.45, 2.75) is 53.6 Å². The summed E-state index contributed by atoms with van der Waals surface area (Å²) in [6.45, 7) is 9.90. The van der Waals surface area contributed by atoms with Crippen LogP contribution in [0.3, 0.4) is 0 Å². The molecule has 0 radical (unpaired) electrons. The summed E-state index contributed by atoms with van der Waals surface area (Å²) in [6, 6.07) is 8.69. The van der Waals surface area contributed by atoms with Gasteiger partial charge in [0.1, 0.15) is 17.2 Å². The van der Waals surface area contributed by atoms with Crippen LogP contribution in [0, 0.1) is 26.2 Å². The van der Waals surface area contributed by atoms with Gasteiger partial charge in [0, 0.05) is 18.0 Å². The average molecular weight is 416 g/mol. The van der Waals surface area contributed by atoms with Crippen molar-refractivity contribution in [1.29, 1.82) is 0 Å². The number of carbonyl (C=O) groups excluding carboxylic acids is 1. The monoisotopic (exact) mass is 415 g/mol. The number of benzene rings is 2. The minimum atomic E-state index is -1.03. The molecule has 6 nitrogen and oxygen atoms in total. The van der Waals surface area contributed by atoms with Crippen molar-refractivity contribution in [2.75, 3.05) is 13.2 Å². The quantitative estimate of drug-likeness (QED) is 0.463. The number of hydrogen-bond donors (Lipinski definition) is 4. The topological polar surface area (TPSA) is 99.0 Å². The Balaban J connectivity index is 1.84. The van der Waals surface area contributed by atoms with Gasteiger partial charge in [0.05, 0.1) is 12.7 Å². The maximum Gasteiger partial charge on any atom is 0.225 e. The van der Waals surface area contributed by atoms with E-state index in [0.717, 1.165) is 23.3 Å². The largest absolute Gasteiger partial charge is 0.508 e. The molecule has 4 N–H and O–H groups in total. The Morgan fingerprint density at radius 1 is 1.13 bits per heavy atom. The molecule has 0 bridgehead atoms. The Hall–Kier alpha value is -2.73. The lowest BCUT2D eigenvalue weighted by molar-refractivity contribution is -0.130. The van der Waals surface area contributed by atoms with Gasteiger partial charge in [-0.2, -0.15) is 0 Å². The second-order valence-corrected chi connectivity index (χ2v) is 8.51. The van der Waals surface area contributed by atoms with E-state index in [-0.39, 0.29) is 24.0 Å². The standard InChI is InChI=1S/C24H33NO5/c1-15-7-8-16(2)22(11-15)30-10-6-9-24(4,5)23(29)25-14-21(28)19-12-18(26)13-20(27)17(19)3/h7-8,11-13,21,26-28H,6,9-10,14H2,1-5H3,(H,25,29). The van der Waals surface area contributed by atoms with Gasteiger partial charge in [0.25, 0.3) is 0 Å². The van der Waals surface area contributed by atoms with E-state index in [0.29, 0.717) is 24.2 Å². The summed E-state index contributed by atoms with van der Waals surface area (Å²) in [5.41, 5.74) is 2.45. The Bertz CT molecular complexity index is 891. The molecule has 0 saturated heterocycles. The van der Waals surface area contributed by atoms with Gasteiger partial charge in [-0.25, -0.2) is 0 Å². The van der Waals surface area contributed by atoms with Crippen molar-refractivity contribution in [1.82, 2.24) is 5.32 Å². The molecule has 2 rings (SSSR count). The number of aromatic hydroxyl groups is 2. The summed E-state index contributed by atoms with van der Waals surface area (Å²) in [5.74, 6) is 0.461. The molecule has 0 heterocycles. The van der Waals surface area contributed by atoms with Crippen LogP contribution in [0.4, 0.5) is 0 Å². The van der Waals surface area contributed by atoms with Gasteiger partial charge in [-0.15, -0.1) is 0 Å². The molecule has 0 fully saturated rings. The Kier molecular flexibility index (Phi) is 7.73. The van der Waals surface area contributed by atoms with Crippen LogP contribution in [-0.4, -0.2) is 34.4 Å². The fourth-order valence-electron chi connectivity index (χ4n) is 3.26. The van der Waals surface area contributed by atoms with E-state index in [9.17, 15) is 20.1 Å². The summed E-state index contributed by atoms with van der Waals surface area (Å²) in [6.07, 6.45) is 0.317. The van der Waals surface area contributed by atoms with Gasteiger partial charge in [-0.05, 0) is 68.0 Å². The number of amides is 1. The summed E-state index contributed by atoms with van der Waals surface area (Å²) >= 11 is 0. The van der Waals surface area contributed by atoms with E-state index in [2.05, 4.69) is 5.32 Å². The third kappa shape index (κ3) is 6.13. The van der Waals surface area contributed by atoms with E-state index in [4.69, 9.17) is 4.74 Å². The highest BCUT2D eigenvalue weighted by atomic mass is 16.5. The second-order valence-electron chi connectivity index (χ2n) is 8.51. The van der Waals surface area contributed by atoms with Crippen LogP contribution in [0.5, 0.6) is 17.2 Å². The maximum atomic E-state index is 12.6. The van der Waals surface area contributed by atoms with Gasteiger partial charge in [0.2, 0.25) is 5.91 Å². The molecule has 1 unspecified atom stereocenters. The van der Waals surface area contributed by atoms with Crippen LogP contribution >= 0.6 is 0 Å². The SMILES string of the molecule is Cc1ccc(C)c(OCCCC(C)(C)C(=O)NCC(O)c2cc(O)cc(O)c2C)c1. The Morgan fingerprint density at radius 3 is 2.53 bits per heavy atom. The normalized spacial score (nSPS) is 12.5. The number of phenols is 2. The van der Waals surface area contributed by atoms with Gasteiger partial charge < -0.3 is 25.4 Å². The van der Waals surface area contributed by atoms with E-state index in [1.54, 1.807) is 6.92 Å². The molecule has 1 atom stereocenters. The highest BCUT2D eigenvalue weighted by molar-refractivity contribution is 5.81. The number of phenolic OH excluding ortho intramolecular Hbond substituents is 2. The highest BCUT2D eigenvalue weighted by Crippen LogP contribution is 2.30. The summed E-state index contributed by atoms with van der Waals surface area (Å²) < 4.78 is 5.87. The van der Waals surface area contributed by atoms with Crippen LogP contribution in [0.15, 0.2) is 30.3 Å². The van der Waals surface area contributed by atoms with Crippen molar-refractivity contribution in [2.24, 2.45) is 5.41 Å². The third-order valence-electron chi connectivity index (χ3n) is 5.38. The molecule has 1 amide bonds. The number of nitrogens with one attached hydrogen (secondary N) is 1. The highest BCUT2D eigenvalue weighted by Gasteiger charge is 2.28. The first kappa shape index (κ1) is 23.5. The number of hydrogen-bond acceptors (Lipinski definition) is 5. The van der Waals surface area contributed by atoms with Crippen molar-refractivity contribution >= 4 is 5.91 Å². The van der Waals surface area contributed by atoms with Gasteiger partial charge in [-0.3, -0.25) is 4.79 Å². The fraction of sp³-hybridized carbons (Fsp3) is 0.458. The van der Waals surface area contributed by atoms with Crippen LogP contribution in [0.1, 0.15) is 55.0 Å². The van der Waals surface area contributed by atoms with Crippen LogP contribution in [-0.2, 0) is 4.79 Å². The molecule has 0 aliphatic rings. The molecule has 0 spiro atoms.